The minimum absolute atomic E-state index is 0.206. The molecule has 0 atom stereocenters. The summed E-state index contributed by atoms with van der Waals surface area (Å²) < 4.78 is 0. The molecule has 4 nitrogen and oxygen atoms in total. The Balaban J connectivity index is 0.000000520. The predicted molar refractivity (Wildman–Crippen MR) is 220 cm³/mol. The van der Waals surface area contributed by atoms with Gasteiger partial charge in [-0.15, -0.1) is 0 Å². The number of hydrogen-bond acceptors (Lipinski definition) is 4. The lowest BCUT2D eigenvalue weighted by molar-refractivity contribution is 0.0682. The number of carboxylic acids is 2. The largest absolute Gasteiger partial charge is 0.478 e. The summed E-state index contributed by atoms with van der Waals surface area (Å²) in [5.41, 5.74) is 0.413. The average molecular weight is 734 g/mol. The van der Waals surface area contributed by atoms with Crippen molar-refractivity contribution in [2.45, 2.75) is 166 Å². The first-order valence-corrected chi connectivity index (χ1v) is 24.4. The maximum atomic E-state index is 11.1. The van der Waals surface area contributed by atoms with Crippen LogP contribution in [0.2, 0.25) is 0 Å². The maximum Gasteiger partial charge on any atom is 0.336 e. The van der Waals surface area contributed by atoms with Gasteiger partial charge in [0.15, 0.2) is 0 Å². The molecule has 49 heavy (non-hydrogen) atoms. The summed E-state index contributed by atoms with van der Waals surface area (Å²) in [5, 5.41) is 18.2. The summed E-state index contributed by atoms with van der Waals surface area (Å²) in [6.07, 6.45) is 36.0. The molecule has 0 amide bonds. The highest BCUT2D eigenvalue weighted by atomic mass is 33.1. The zero-order valence-corrected chi connectivity index (χ0v) is 34.1. The third-order valence-corrected chi connectivity index (χ3v) is 16.9. The Kier molecular flexibility index (Phi) is 28.0. The molecule has 0 saturated carbocycles. The Morgan fingerprint density at radius 2 is 0.735 bits per heavy atom. The summed E-state index contributed by atoms with van der Waals surface area (Å²) >= 11 is 0. The van der Waals surface area contributed by atoms with Crippen molar-refractivity contribution in [1.82, 2.24) is 0 Å². The van der Waals surface area contributed by atoms with Crippen molar-refractivity contribution in [3.05, 3.63) is 59.7 Å². The summed E-state index contributed by atoms with van der Waals surface area (Å²) in [5.74, 6) is -2.00. The molecule has 0 aliphatic heterocycles. The van der Waals surface area contributed by atoms with Gasteiger partial charge in [-0.1, -0.05) is 170 Å². The molecule has 0 aliphatic rings. The van der Waals surface area contributed by atoms with Gasteiger partial charge in [-0.2, -0.15) is 0 Å². The SMILES string of the molecule is CCCCCCCCCCCCCCCC[P+](CCCC)(CCCC)CCCC.O=C(O)c1ccccc1SSc1ccccc1C(=O)O. The van der Waals surface area contributed by atoms with Crippen molar-refractivity contribution >= 4 is 40.8 Å². The van der Waals surface area contributed by atoms with E-state index in [1.807, 2.05) is 0 Å². The minimum atomic E-state index is -1.000. The van der Waals surface area contributed by atoms with Crippen LogP contribution in [0, 0.1) is 0 Å². The van der Waals surface area contributed by atoms with Gasteiger partial charge in [0.05, 0.1) is 35.8 Å². The van der Waals surface area contributed by atoms with Gasteiger partial charge < -0.3 is 10.2 Å². The van der Waals surface area contributed by atoms with E-state index >= 15 is 0 Å². The monoisotopic (exact) mass is 733 g/mol. The Labute approximate surface area is 309 Å². The van der Waals surface area contributed by atoms with Gasteiger partial charge in [0, 0.05) is 17.1 Å². The van der Waals surface area contributed by atoms with Crippen LogP contribution in [0.15, 0.2) is 58.3 Å². The van der Waals surface area contributed by atoms with E-state index in [1.54, 1.807) is 67.5 Å². The highest BCUT2D eigenvalue weighted by Gasteiger charge is 2.34. The molecule has 0 heterocycles. The van der Waals surface area contributed by atoms with Crippen molar-refractivity contribution < 1.29 is 19.8 Å². The molecule has 2 aromatic rings. The molecule has 0 aromatic heterocycles. The fourth-order valence-corrected chi connectivity index (χ4v) is 13.9. The number of carboxylic acid groups (broad SMARTS) is 2. The van der Waals surface area contributed by atoms with Gasteiger partial charge in [0.2, 0.25) is 0 Å². The Morgan fingerprint density at radius 3 is 1.06 bits per heavy atom. The number of aromatic carboxylic acids is 2. The van der Waals surface area contributed by atoms with Gasteiger partial charge in [0.25, 0.3) is 0 Å². The molecular weight excluding hydrogens is 664 g/mol. The Morgan fingerprint density at radius 1 is 0.449 bits per heavy atom. The van der Waals surface area contributed by atoms with E-state index in [4.69, 9.17) is 10.2 Å². The molecule has 0 fully saturated rings. The fourth-order valence-electron chi connectivity index (χ4n) is 6.31. The van der Waals surface area contributed by atoms with E-state index in [1.165, 1.54) is 156 Å². The van der Waals surface area contributed by atoms with Crippen LogP contribution in [-0.2, 0) is 0 Å². The zero-order chi connectivity index (χ0) is 36.0. The summed E-state index contributed by atoms with van der Waals surface area (Å²) in [6.45, 7) is 9.48. The van der Waals surface area contributed by atoms with Crippen LogP contribution in [0.25, 0.3) is 0 Å². The van der Waals surface area contributed by atoms with Gasteiger partial charge in [-0.25, -0.2) is 9.59 Å². The van der Waals surface area contributed by atoms with E-state index in [0.29, 0.717) is 9.79 Å². The van der Waals surface area contributed by atoms with Crippen molar-refractivity contribution in [3.8, 4) is 0 Å². The third-order valence-electron chi connectivity index (χ3n) is 9.40. The van der Waals surface area contributed by atoms with Crippen LogP contribution < -0.4 is 0 Å². The first-order valence-electron chi connectivity index (χ1n) is 19.7. The molecule has 278 valence electrons. The number of hydrogen-bond donors (Lipinski definition) is 2. The number of unbranched alkanes of at least 4 members (excludes halogenated alkanes) is 16. The van der Waals surface area contributed by atoms with Crippen molar-refractivity contribution in [3.63, 3.8) is 0 Å². The number of rotatable bonds is 29. The van der Waals surface area contributed by atoms with Crippen molar-refractivity contribution in [2.75, 3.05) is 24.6 Å². The van der Waals surface area contributed by atoms with Crippen LogP contribution >= 0.6 is 28.9 Å². The Hall–Kier alpha value is -1.49. The standard InChI is InChI=1S/C28H60P.C14H10O4S2/c1-5-9-13-14-15-16-17-18-19-20-21-22-23-24-28-29(25-10-6-2,26-11-7-3)27-12-8-4;15-13(16)9-5-1-3-7-11(9)19-20-12-8-4-2-6-10(12)14(17)18/h5-28H2,1-4H3;1-8H,(H,15,16)(H,17,18)/q+1;. The third kappa shape index (κ3) is 21.5. The molecule has 0 spiro atoms. The molecule has 7 heteroatoms. The fraction of sp³-hybridized carbons (Fsp3) is 0.667. The zero-order valence-electron chi connectivity index (χ0n) is 31.6. The molecule has 2 rings (SSSR count). The lowest BCUT2D eigenvalue weighted by Gasteiger charge is -2.28. The van der Waals surface area contributed by atoms with Crippen molar-refractivity contribution in [1.29, 1.82) is 0 Å². The Bertz CT molecular complexity index is 1050. The quantitative estimate of drug-likeness (QED) is 0.0493. The van der Waals surface area contributed by atoms with E-state index < -0.39 is 19.2 Å². The highest BCUT2D eigenvalue weighted by Crippen LogP contribution is 2.61. The molecular formula is C42H70O4PS2+. The molecule has 0 bridgehead atoms. The van der Waals surface area contributed by atoms with Crippen LogP contribution in [0.5, 0.6) is 0 Å². The molecule has 0 saturated heterocycles. The lowest BCUT2D eigenvalue weighted by atomic mass is 10.0. The number of carbonyl (C=O) groups is 2. The summed E-state index contributed by atoms with van der Waals surface area (Å²) in [7, 11) is 1.83. The highest BCUT2D eigenvalue weighted by molar-refractivity contribution is 8.76. The molecule has 0 unspecified atom stereocenters. The maximum absolute atomic E-state index is 11.1. The predicted octanol–water partition coefficient (Wildman–Crippen LogP) is 14.8. The van der Waals surface area contributed by atoms with Gasteiger partial charge >= 0.3 is 11.9 Å². The van der Waals surface area contributed by atoms with E-state index in [9.17, 15) is 9.59 Å². The normalized spacial score (nSPS) is 11.3. The van der Waals surface area contributed by atoms with Crippen LogP contribution in [0.3, 0.4) is 0 Å². The summed E-state index contributed by atoms with van der Waals surface area (Å²) in [6, 6.07) is 13.3. The van der Waals surface area contributed by atoms with Crippen LogP contribution in [0.4, 0.5) is 0 Å². The minimum Gasteiger partial charge on any atom is -0.478 e. The van der Waals surface area contributed by atoms with Gasteiger partial charge in [0.1, 0.15) is 0 Å². The van der Waals surface area contributed by atoms with E-state index in [-0.39, 0.29) is 11.1 Å². The second-order valence-electron chi connectivity index (χ2n) is 13.7. The molecule has 2 N–H and O–H groups in total. The van der Waals surface area contributed by atoms with Crippen LogP contribution in [-0.4, -0.2) is 46.8 Å². The van der Waals surface area contributed by atoms with E-state index in [0.717, 1.165) is 0 Å². The van der Waals surface area contributed by atoms with Crippen LogP contribution in [0.1, 0.15) is 177 Å². The second-order valence-corrected chi connectivity index (χ2v) is 20.3. The molecule has 0 aliphatic carbocycles. The summed E-state index contributed by atoms with van der Waals surface area (Å²) in [4.78, 5) is 23.4. The lowest BCUT2D eigenvalue weighted by Crippen LogP contribution is -2.13. The second kappa shape index (κ2) is 30.2. The van der Waals surface area contributed by atoms with Gasteiger partial charge in [-0.3, -0.25) is 0 Å². The molecule has 0 radical (unpaired) electrons. The van der Waals surface area contributed by atoms with Crippen molar-refractivity contribution in [2.24, 2.45) is 0 Å². The van der Waals surface area contributed by atoms with Gasteiger partial charge in [-0.05, 0) is 56.4 Å². The molecule has 2 aromatic carbocycles. The first kappa shape index (κ1) is 45.5. The number of benzene rings is 2. The van der Waals surface area contributed by atoms with E-state index in [2.05, 4.69) is 27.7 Å². The topological polar surface area (TPSA) is 74.6 Å². The smallest absolute Gasteiger partial charge is 0.336 e. The first-order chi connectivity index (χ1) is 23.8. The average Bonchev–Trinajstić information content (AvgIpc) is 3.11.